The van der Waals surface area contributed by atoms with Crippen LogP contribution in [0.2, 0.25) is 0 Å². The predicted molar refractivity (Wildman–Crippen MR) is 134 cm³/mol. The van der Waals surface area contributed by atoms with E-state index in [1.807, 2.05) is 54.6 Å². The number of carbonyl (C=O) groups excluding carboxylic acids is 2. The minimum absolute atomic E-state index is 0.303. The van der Waals surface area contributed by atoms with Gasteiger partial charge < -0.3 is 20.6 Å². The number of rotatable bonds is 7. The number of aromatic nitrogens is 1. The largest absolute Gasteiger partial charge is 0.382 e. The summed E-state index contributed by atoms with van der Waals surface area (Å²) in [4.78, 5) is 37.5. The first kappa shape index (κ1) is 23.7. The molecule has 2 amide bonds. The molecule has 0 radical (unpaired) electrons. The summed E-state index contributed by atoms with van der Waals surface area (Å²) >= 11 is 0. The number of nitrogens with zero attached hydrogens (tertiary/aromatic N) is 3. The summed E-state index contributed by atoms with van der Waals surface area (Å²) in [6.45, 7) is 2.16. The summed E-state index contributed by atoms with van der Waals surface area (Å²) in [6, 6.07) is 20.4. The smallest absolute Gasteiger partial charge is 0.268 e. The molecule has 2 atom stereocenters. The Morgan fingerprint density at radius 2 is 1.69 bits per heavy atom. The maximum absolute atomic E-state index is 13.1. The van der Waals surface area contributed by atoms with E-state index in [4.69, 9.17) is 15.3 Å². The number of carbonyl (C=O) groups is 2. The maximum Gasteiger partial charge on any atom is 0.268 e. The second-order valence-corrected chi connectivity index (χ2v) is 8.68. The second-order valence-electron chi connectivity index (χ2n) is 8.68. The van der Waals surface area contributed by atoms with Crippen LogP contribution in [-0.2, 0) is 24.7 Å². The van der Waals surface area contributed by atoms with Crippen molar-refractivity contribution in [1.29, 1.82) is 0 Å². The van der Waals surface area contributed by atoms with Gasteiger partial charge in [-0.1, -0.05) is 47.6 Å². The van der Waals surface area contributed by atoms with Gasteiger partial charge >= 0.3 is 0 Å². The van der Waals surface area contributed by atoms with Crippen molar-refractivity contribution in [3.05, 3.63) is 95.8 Å². The van der Waals surface area contributed by atoms with Gasteiger partial charge in [0, 0.05) is 43.2 Å². The molecule has 0 bridgehead atoms. The van der Waals surface area contributed by atoms with Crippen LogP contribution >= 0.6 is 0 Å². The Morgan fingerprint density at radius 3 is 2.36 bits per heavy atom. The fourth-order valence-corrected chi connectivity index (χ4v) is 4.79. The van der Waals surface area contributed by atoms with Crippen molar-refractivity contribution < 1.29 is 19.2 Å². The van der Waals surface area contributed by atoms with Crippen LogP contribution in [0.5, 0.6) is 0 Å². The molecule has 2 aliphatic rings. The molecule has 1 saturated heterocycles. The van der Waals surface area contributed by atoms with E-state index in [1.165, 1.54) is 0 Å². The lowest BCUT2D eigenvalue weighted by atomic mass is 9.80. The number of hydrogen-bond donors (Lipinski definition) is 2. The van der Waals surface area contributed by atoms with E-state index in [-0.39, 0.29) is 5.91 Å². The molecular weight excluding hydrogens is 458 g/mol. The Labute approximate surface area is 208 Å². The highest BCUT2D eigenvalue weighted by Crippen LogP contribution is 2.37. The highest BCUT2D eigenvalue weighted by molar-refractivity contribution is 6.06. The van der Waals surface area contributed by atoms with Crippen molar-refractivity contribution in [3.8, 4) is 0 Å². The second kappa shape index (κ2) is 10.3. The normalized spacial score (nSPS) is 19.6. The van der Waals surface area contributed by atoms with Crippen molar-refractivity contribution in [2.75, 3.05) is 31.6 Å². The predicted octanol–water partition coefficient (Wildman–Crippen LogP) is 2.27. The van der Waals surface area contributed by atoms with E-state index in [2.05, 4.69) is 20.4 Å². The molecule has 9 heteroatoms. The number of oxime groups is 1. The van der Waals surface area contributed by atoms with Crippen LogP contribution in [0, 0.1) is 0 Å². The molecule has 0 aliphatic carbocycles. The van der Waals surface area contributed by atoms with Crippen molar-refractivity contribution in [2.45, 2.75) is 18.1 Å². The number of benzene rings is 2. The molecule has 0 spiro atoms. The van der Waals surface area contributed by atoms with E-state index in [9.17, 15) is 9.59 Å². The van der Waals surface area contributed by atoms with Gasteiger partial charge in [0.2, 0.25) is 12.0 Å². The van der Waals surface area contributed by atoms with Crippen LogP contribution < -0.4 is 11.1 Å². The van der Waals surface area contributed by atoms with Gasteiger partial charge in [-0.2, -0.15) is 0 Å². The molecule has 2 aliphatic heterocycles. The molecule has 36 heavy (non-hydrogen) atoms. The first-order valence-electron chi connectivity index (χ1n) is 11.8. The number of amides is 2. The first-order chi connectivity index (χ1) is 17.6. The Kier molecular flexibility index (Phi) is 6.75. The molecule has 2 aromatic carbocycles. The number of morpholine rings is 1. The molecular formula is C27H27N5O4. The number of hydrogen-bond acceptors (Lipinski definition) is 7. The molecule has 2 unspecified atom stereocenters. The Hall–Kier alpha value is -4.08. The number of ether oxygens (including phenoxy) is 1. The van der Waals surface area contributed by atoms with Crippen molar-refractivity contribution >= 4 is 23.2 Å². The average Bonchev–Trinajstić information content (AvgIpc) is 3.42. The molecule has 1 aromatic heterocycles. The molecule has 1 fully saturated rings. The van der Waals surface area contributed by atoms with Crippen molar-refractivity contribution in [3.63, 3.8) is 0 Å². The zero-order valence-electron chi connectivity index (χ0n) is 19.7. The summed E-state index contributed by atoms with van der Waals surface area (Å²) in [7, 11) is 0. The van der Waals surface area contributed by atoms with Crippen molar-refractivity contribution in [2.24, 2.45) is 10.9 Å². The summed E-state index contributed by atoms with van der Waals surface area (Å²) in [5.74, 6) is -0.769. The van der Waals surface area contributed by atoms with Crippen LogP contribution in [0.1, 0.15) is 23.1 Å². The van der Waals surface area contributed by atoms with Gasteiger partial charge in [-0.25, -0.2) is 0 Å². The molecule has 5 rings (SSSR count). The highest BCUT2D eigenvalue weighted by atomic mass is 16.6. The van der Waals surface area contributed by atoms with Gasteiger partial charge in [0.1, 0.15) is 0 Å². The fraction of sp³-hybridized carbons (Fsp3) is 0.259. The van der Waals surface area contributed by atoms with Crippen LogP contribution in [0.4, 0.5) is 5.69 Å². The molecule has 184 valence electrons. The number of primary amides is 1. The Morgan fingerprint density at radius 1 is 0.972 bits per heavy atom. The third-order valence-electron chi connectivity index (χ3n) is 6.56. The third-order valence-corrected chi connectivity index (χ3v) is 6.56. The maximum atomic E-state index is 13.1. The number of nitrogens with two attached hydrogens (primary N) is 1. The molecule has 0 saturated carbocycles. The lowest BCUT2D eigenvalue weighted by Crippen LogP contribution is -2.58. The number of pyridine rings is 1. The lowest BCUT2D eigenvalue weighted by Gasteiger charge is -2.44. The number of anilines is 1. The summed E-state index contributed by atoms with van der Waals surface area (Å²) in [6.07, 6.45) is 2.98. The average molecular weight is 486 g/mol. The lowest BCUT2D eigenvalue weighted by molar-refractivity contribution is -0.131. The van der Waals surface area contributed by atoms with Gasteiger partial charge in [-0.05, 0) is 35.4 Å². The monoisotopic (exact) mass is 485 g/mol. The van der Waals surface area contributed by atoms with Gasteiger partial charge in [-0.3, -0.25) is 19.5 Å². The molecule has 3 N–H and O–H groups in total. The summed E-state index contributed by atoms with van der Waals surface area (Å²) < 4.78 is 5.53. The van der Waals surface area contributed by atoms with E-state index < -0.39 is 17.6 Å². The van der Waals surface area contributed by atoms with E-state index >= 15 is 0 Å². The van der Waals surface area contributed by atoms with Crippen molar-refractivity contribution in [1.82, 2.24) is 9.88 Å². The van der Waals surface area contributed by atoms with Crippen LogP contribution in [0.3, 0.4) is 0 Å². The standard InChI is InChI=1S/C27H27N5O4/c28-26(34)27(20-6-2-1-3-7-20,32-13-15-35-16-14-32)21-8-10-22(11-9-21)30-25(33)24-17-23(31-36-24)19-5-4-12-29-18-19/h1-12,18,24H,13-17H2,(H2,28,34)(H,30,33). The molecule has 9 nitrogen and oxygen atoms in total. The Balaban J connectivity index is 1.36. The topological polar surface area (TPSA) is 119 Å². The minimum atomic E-state index is -1.16. The SMILES string of the molecule is NC(=O)C(c1ccccc1)(c1ccc(NC(=O)C2CC(c3cccnc3)=NO2)cc1)N1CCOCC1. The summed E-state index contributed by atoms with van der Waals surface area (Å²) in [5.41, 5.74) is 8.54. The Bertz CT molecular complexity index is 1240. The molecule has 3 heterocycles. The number of nitrogens with one attached hydrogen (secondary N) is 1. The zero-order valence-corrected chi connectivity index (χ0v) is 19.7. The van der Waals surface area contributed by atoms with E-state index in [1.54, 1.807) is 24.5 Å². The van der Waals surface area contributed by atoms with E-state index in [0.29, 0.717) is 44.1 Å². The zero-order chi connectivity index (χ0) is 25.0. The first-order valence-corrected chi connectivity index (χ1v) is 11.8. The third kappa shape index (κ3) is 4.46. The van der Waals surface area contributed by atoms with Crippen LogP contribution in [0.25, 0.3) is 0 Å². The highest BCUT2D eigenvalue weighted by Gasteiger charge is 2.46. The van der Waals surface area contributed by atoms with Gasteiger partial charge in [0.05, 0.1) is 18.9 Å². The quantitative estimate of drug-likeness (QED) is 0.530. The van der Waals surface area contributed by atoms with Crippen LogP contribution in [-0.4, -0.2) is 59.8 Å². The minimum Gasteiger partial charge on any atom is -0.382 e. The fourth-order valence-electron chi connectivity index (χ4n) is 4.79. The van der Waals surface area contributed by atoms with Gasteiger partial charge in [-0.15, -0.1) is 0 Å². The summed E-state index contributed by atoms with van der Waals surface area (Å²) in [5, 5.41) is 6.93. The van der Waals surface area contributed by atoms with Gasteiger partial charge in [0.25, 0.3) is 5.91 Å². The van der Waals surface area contributed by atoms with E-state index in [0.717, 1.165) is 16.7 Å². The molecule has 3 aromatic rings. The van der Waals surface area contributed by atoms with Gasteiger partial charge in [0.15, 0.2) is 5.54 Å². The van der Waals surface area contributed by atoms with Crippen LogP contribution in [0.15, 0.2) is 84.3 Å².